The number of nitrogens with zero attached hydrogens (tertiary/aromatic N) is 1. The molecule has 0 aliphatic heterocycles. The summed E-state index contributed by atoms with van der Waals surface area (Å²) < 4.78 is 5.00. The van der Waals surface area contributed by atoms with Gasteiger partial charge in [-0.15, -0.1) is 0 Å². The third kappa shape index (κ3) is 3.59. The van der Waals surface area contributed by atoms with E-state index in [9.17, 15) is 14.7 Å². The highest BCUT2D eigenvalue weighted by Gasteiger charge is 2.46. The Kier molecular flexibility index (Phi) is 5.60. The summed E-state index contributed by atoms with van der Waals surface area (Å²) in [5, 5.41) is 11.9. The minimum absolute atomic E-state index is 0.0565. The molecule has 1 aliphatic carbocycles. The maximum atomic E-state index is 12.3. The van der Waals surface area contributed by atoms with Crippen LogP contribution in [0.25, 0.3) is 0 Å². The molecule has 0 bridgehead atoms. The third-order valence-corrected chi connectivity index (χ3v) is 3.88. The molecule has 6 heteroatoms. The van der Waals surface area contributed by atoms with Crippen LogP contribution in [0.2, 0.25) is 0 Å². The van der Waals surface area contributed by atoms with E-state index in [1.807, 2.05) is 13.8 Å². The van der Waals surface area contributed by atoms with E-state index in [1.54, 1.807) is 12.0 Å². The molecule has 1 saturated carbocycles. The first-order valence-corrected chi connectivity index (χ1v) is 6.78. The number of aliphatic carboxylic acids is 1. The second kappa shape index (κ2) is 6.75. The lowest BCUT2D eigenvalue weighted by atomic mass is 9.77. The van der Waals surface area contributed by atoms with Gasteiger partial charge >= 0.3 is 12.0 Å². The van der Waals surface area contributed by atoms with E-state index in [2.05, 4.69) is 5.32 Å². The van der Waals surface area contributed by atoms with Crippen LogP contribution in [0, 0.1) is 0 Å². The van der Waals surface area contributed by atoms with E-state index in [-0.39, 0.29) is 12.1 Å². The summed E-state index contributed by atoms with van der Waals surface area (Å²) in [5.41, 5.74) is -1.06. The monoisotopic (exact) mass is 272 g/mol. The van der Waals surface area contributed by atoms with Crippen molar-refractivity contribution in [2.45, 2.75) is 51.1 Å². The maximum absolute atomic E-state index is 12.3. The summed E-state index contributed by atoms with van der Waals surface area (Å²) in [6.07, 6.45) is 2.67. The Hall–Kier alpha value is -1.30. The van der Waals surface area contributed by atoms with Crippen LogP contribution in [0.5, 0.6) is 0 Å². The predicted molar refractivity (Wildman–Crippen MR) is 71.1 cm³/mol. The largest absolute Gasteiger partial charge is 0.480 e. The number of carboxylic acid groups (broad SMARTS) is 1. The molecular weight excluding hydrogens is 248 g/mol. The zero-order chi connectivity index (χ0) is 14.5. The third-order valence-electron chi connectivity index (χ3n) is 3.88. The fraction of sp³-hybridized carbons (Fsp3) is 0.846. The highest BCUT2D eigenvalue weighted by atomic mass is 16.5. The van der Waals surface area contributed by atoms with Gasteiger partial charge in [-0.25, -0.2) is 9.59 Å². The van der Waals surface area contributed by atoms with Crippen LogP contribution in [0.4, 0.5) is 4.79 Å². The number of nitrogens with one attached hydrogen (secondary N) is 1. The first-order chi connectivity index (χ1) is 8.96. The van der Waals surface area contributed by atoms with Crippen molar-refractivity contribution in [1.29, 1.82) is 0 Å². The van der Waals surface area contributed by atoms with Crippen LogP contribution >= 0.6 is 0 Å². The number of urea groups is 1. The zero-order valence-corrected chi connectivity index (χ0v) is 11.9. The van der Waals surface area contributed by atoms with Gasteiger partial charge in [-0.2, -0.15) is 0 Å². The molecule has 6 nitrogen and oxygen atoms in total. The van der Waals surface area contributed by atoms with Gasteiger partial charge in [-0.05, 0) is 32.6 Å². The number of ether oxygens (including phenoxy) is 1. The van der Waals surface area contributed by atoms with Crippen molar-refractivity contribution in [3.05, 3.63) is 0 Å². The molecule has 110 valence electrons. The van der Waals surface area contributed by atoms with Gasteiger partial charge in [0.05, 0.1) is 6.61 Å². The normalized spacial score (nSPS) is 18.3. The quantitative estimate of drug-likeness (QED) is 0.735. The predicted octanol–water partition coefficient (Wildman–Crippen LogP) is 1.45. The summed E-state index contributed by atoms with van der Waals surface area (Å²) in [4.78, 5) is 25.2. The summed E-state index contributed by atoms with van der Waals surface area (Å²) in [6, 6.07) is -0.255. The molecule has 2 N–H and O–H groups in total. The van der Waals surface area contributed by atoms with Gasteiger partial charge in [-0.1, -0.05) is 6.92 Å². The SMILES string of the molecule is CCC(C)N(CCOC)C(=O)NC1(C(=O)O)CCC1. The summed E-state index contributed by atoms with van der Waals surface area (Å²) in [5.74, 6) is -0.942. The molecule has 0 saturated heterocycles. The lowest BCUT2D eigenvalue weighted by molar-refractivity contribution is -0.148. The van der Waals surface area contributed by atoms with Gasteiger partial charge in [-0.3, -0.25) is 0 Å². The minimum Gasteiger partial charge on any atom is -0.480 e. The molecule has 0 aromatic carbocycles. The van der Waals surface area contributed by atoms with E-state index < -0.39 is 11.5 Å². The summed E-state index contributed by atoms with van der Waals surface area (Å²) in [7, 11) is 1.58. The van der Waals surface area contributed by atoms with E-state index in [1.165, 1.54) is 0 Å². The highest BCUT2D eigenvalue weighted by Crippen LogP contribution is 2.32. The molecule has 1 aliphatic rings. The Labute approximate surface area is 114 Å². The van der Waals surface area contributed by atoms with Crippen molar-refractivity contribution >= 4 is 12.0 Å². The average Bonchev–Trinajstić information content (AvgIpc) is 2.33. The number of carbonyl (C=O) groups excluding carboxylic acids is 1. The Morgan fingerprint density at radius 1 is 1.47 bits per heavy atom. The Morgan fingerprint density at radius 3 is 2.47 bits per heavy atom. The molecule has 0 heterocycles. The number of methoxy groups -OCH3 is 1. The van der Waals surface area contributed by atoms with Gasteiger partial charge in [0.25, 0.3) is 0 Å². The van der Waals surface area contributed by atoms with Gasteiger partial charge < -0.3 is 20.1 Å². The van der Waals surface area contributed by atoms with E-state index in [0.29, 0.717) is 26.0 Å². The molecule has 1 fully saturated rings. The summed E-state index contributed by atoms with van der Waals surface area (Å²) in [6.45, 7) is 4.85. The zero-order valence-electron chi connectivity index (χ0n) is 11.9. The molecule has 0 aromatic heterocycles. The highest BCUT2D eigenvalue weighted by molar-refractivity contribution is 5.87. The second-order valence-corrected chi connectivity index (χ2v) is 5.11. The van der Waals surface area contributed by atoms with E-state index in [4.69, 9.17) is 4.74 Å². The molecule has 1 atom stereocenters. The number of hydrogen-bond acceptors (Lipinski definition) is 3. The van der Waals surface area contributed by atoms with Crippen molar-refractivity contribution in [3.8, 4) is 0 Å². The number of carbonyl (C=O) groups is 2. The Bertz CT molecular complexity index is 329. The van der Waals surface area contributed by atoms with Crippen LogP contribution in [0.3, 0.4) is 0 Å². The molecule has 0 radical (unpaired) electrons. The van der Waals surface area contributed by atoms with Crippen LogP contribution in [0.1, 0.15) is 39.5 Å². The standard InChI is InChI=1S/C13H24N2O4/c1-4-10(2)15(8-9-19-3)12(18)14-13(11(16)17)6-5-7-13/h10H,4-9H2,1-3H3,(H,14,18)(H,16,17). The number of carboxylic acids is 1. The molecule has 0 spiro atoms. The lowest BCUT2D eigenvalue weighted by Crippen LogP contribution is -2.62. The van der Waals surface area contributed by atoms with Crippen molar-refractivity contribution in [2.75, 3.05) is 20.3 Å². The van der Waals surface area contributed by atoms with Crippen LogP contribution in [-0.2, 0) is 9.53 Å². The second-order valence-electron chi connectivity index (χ2n) is 5.11. The maximum Gasteiger partial charge on any atom is 0.329 e. The van der Waals surface area contributed by atoms with Crippen LogP contribution in [-0.4, -0.2) is 53.8 Å². The van der Waals surface area contributed by atoms with Crippen molar-refractivity contribution in [1.82, 2.24) is 10.2 Å². The number of amides is 2. The van der Waals surface area contributed by atoms with Gasteiger partial charge in [0.2, 0.25) is 0 Å². The Balaban J connectivity index is 2.68. The minimum atomic E-state index is -1.06. The van der Waals surface area contributed by atoms with Crippen LogP contribution in [0.15, 0.2) is 0 Å². The van der Waals surface area contributed by atoms with E-state index in [0.717, 1.165) is 12.8 Å². The van der Waals surface area contributed by atoms with E-state index >= 15 is 0 Å². The van der Waals surface area contributed by atoms with Gasteiger partial charge in [0.15, 0.2) is 0 Å². The van der Waals surface area contributed by atoms with Crippen LogP contribution < -0.4 is 5.32 Å². The lowest BCUT2D eigenvalue weighted by Gasteiger charge is -2.40. The smallest absolute Gasteiger partial charge is 0.329 e. The molecule has 1 unspecified atom stereocenters. The van der Waals surface area contributed by atoms with Crippen molar-refractivity contribution in [2.24, 2.45) is 0 Å². The van der Waals surface area contributed by atoms with Crippen molar-refractivity contribution < 1.29 is 19.4 Å². The van der Waals surface area contributed by atoms with Gasteiger partial charge in [0, 0.05) is 19.7 Å². The molecule has 19 heavy (non-hydrogen) atoms. The first kappa shape index (κ1) is 15.8. The molecule has 0 aromatic rings. The molecular formula is C13H24N2O4. The first-order valence-electron chi connectivity index (χ1n) is 6.78. The number of rotatable bonds is 7. The summed E-state index contributed by atoms with van der Waals surface area (Å²) >= 11 is 0. The Morgan fingerprint density at radius 2 is 2.11 bits per heavy atom. The topological polar surface area (TPSA) is 78.9 Å². The van der Waals surface area contributed by atoms with Crippen molar-refractivity contribution in [3.63, 3.8) is 0 Å². The fourth-order valence-corrected chi connectivity index (χ4v) is 2.13. The molecule has 2 amide bonds. The van der Waals surface area contributed by atoms with Gasteiger partial charge in [0.1, 0.15) is 5.54 Å². The fourth-order valence-electron chi connectivity index (χ4n) is 2.13. The molecule has 1 rings (SSSR count). The number of hydrogen-bond donors (Lipinski definition) is 2. The average molecular weight is 272 g/mol.